The molecule has 3 rings (SSSR count). The fourth-order valence-electron chi connectivity index (χ4n) is 2.95. The molecular formula is C18H21BrFN3O2. The van der Waals surface area contributed by atoms with E-state index in [1.807, 2.05) is 12.1 Å². The number of rotatable bonds is 6. The van der Waals surface area contributed by atoms with Crippen molar-refractivity contribution in [1.82, 2.24) is 10.2 Å². The van der Waals surface area contributed by atoms with Gasteiger partial charge < -0.3 is 14.6 Å². The molecule has 1 saturated heterocycles. The average molecular weight is 410 g/mol. The maximum absolute atomic E-state index is 13.8. The Morgan fingerprint density at radius 1 is 1.16 bits per heavy atom. The molecule has 0 aliphatic carbocycles. The lowest BCUT2D eigenvalue weighted by Gasteiger charge is -2.36. The monoisotopic (exact) mass is 409 g/mol. The number of carbonyl (C=O) groups is 1. The van der Waals surface area contributed by atoms with Crippen molar-refractivity contribution in [3.63, 3.8) is 0 Å². The lowest BCUT2D eigenvalue weighted by atomic mass is 10.2. The summed E-state index contributed by atoms with van der Waals surface area (Å²) >= 11 is 3.18. The van der Waals surface area contributed by atoms with Crippen LogP contribution in [0.3, 0.4) is 0 Å². The number of nitrogens with one attached hydrogen (secondary N) is 1. The van der Waals surface area contributed by atoms with Crippen molar-refractivity contribution in [1.29, 1.82) is 0 Å². The van der Waals surface area contributed by atoms with E-state index in [-0.39, 0.29) is 11.7 Å². The minimum absolute atomic E-state index is 0.164. The Hall–Kier alpha value is -1.86. The first-order valence-corrected chi connectivity index (χ1v) is 9.18. The zero-order valence-electron chi connectivity index (χ0n) is 13.9. The predicted molar refractivity (Wildman–Crippen MR) is 98.4 cm³/mol. The van der Waals surface area contributed by atoms with Crippen LogP contribution in [0.25, 0.3) is 0 Å². The van der Waals surface area contributed by atoms with Gasteiger partial charge in [0.25, 0.3) is 5.91 Å². The number of hydrogen-bond acceptors (Lipinski definition) is 4. The highest BCUT2D eigenvalue weighted by Gasteiger charge is 2.19. The number of benzene rings is 1. The first-order valence-electron chi connectivity index (χ1n) is 8.39. The van der Waals surface area contributed by atoms with Gasteiger partial charge in [-0.25, -0.2) is 4.39 Å². The number of furan rings is 1. The van der Waals surface area contributed by atoms with Crippen molar-refractivity contribution in [3.05, 3.63) is 52.6 Å². The standard InChI is InChI=1S/C18H21BrFN3O2/c19-17-7-6-16(25-17)18(24)21-8-3-9-22-10-12-23(13-11-22)15-5-2-1-4-14(15)20/h1-2,4-7H,3,8-13H2,(H,21,24). The molecule has 7 heteroatoms. The third kappa shape index (κ3) is 4.83. The number of piperazine rings is 1. The number of amides is 1. The normalized spacial score (nSPS) is 15.4. The molecule has 0 bridgehead atoms. The lowest BCUT2D eigenvalue weighted by Crippen LogP contribution is -2.47. The summed E-state index contributed by atoms with van der Waals surface area (Å²) in [6.45, 7) is 4.93. The van der Waals surface area contributed by atoms with Crippen LogP contribution in [0.4, 0.5) is 10.1 Å². The van der Waals surface area contributed by atoms with Gasteiger partial charge in [-0.15, -0.1) is 0 Å². The van der Waals surface area contributed by atoms with Gasteiger partial charge in [0, 0.05) is 32.7 Å². The van der Waals surface area contributed by atoms with Crippen molar-refractivity contribution in [3.8, 4) is 0 Å². The van der Waals surface area contributed by atoms with E-state index in [1.54, 1.807) is 18.2 Å². The van der Waals surface area contributed by atoms with Crippen LogP contribution in [0.2, 0.25) is 0 Å². The highest BCUT2D eigenvalue weighted by atomic mass is 79.9. The fourth-order valence-corrected chi connectivity index (χ4v) is 3.26. The summed E-state index contributed by atoms with van der Waals surface area (Å²) in [5.74, 6) is -0.0522. The van der Waals surface area contributed by atoms with E-state index in [1.165, 1.54) is 6.07 Å². The van der Waals surface area contributed by atoms with Gasteiger partial charge in [-0.3, -0.25) is 9.69 Å². The molecule has 1 aliphatic rings. The molecule has 0 radical (unpaired) electrons. The highest BCUT2D eigenvalue weighted by Crippen LogP contribution is 2.20. The number of hydrogen-bond donors (Lipinski definition) is 1. The Kier molecular flexibility index (Phi) is 6.09. The Bertz CT molecular complexity index is 714. The molecule has 25 heavy (non-hydrogen) atoms. The highest BCUT2D eigenvalue weighted by molar-refractivity contribution is 9.10. The van der Waals surface area contributed by atoms with Gasteiger partial charge in [0.2, 0.25) is 0 Å². The Labute approximate surface area is 154 Å². The van der Waals surface area contributed by atoms with Crippen LogP contribution in [-0.2, 0) is 0 Å². The SMILES string of the molecule is O=C(NCCCN1CCN(c2ccccc2F)CC1)c1ccc(Br)o1. The maximum atomic E-state index is 13.8. The van der Waals surface area contributed by atoms with Gasteiger partial charge in [-0.1, -0.05) is 12.1 Å². The number of para-hydroxylation sites is 1. The van der Waals surface area contributed by atoms with Crippen LogP contribution in [0.1, 0.15) is 17.0 Å². The summed E-state index contributed by atoms with van der Waals surface area (Å²) in [4.78, 5) is 16.3. The van der Waals surface area contributed by atoms with E-state index in [4.69, 9.17) is 4.42 Å². The number of halogens is 2. The average Bonchev–Trinajstić information content (AvgIpc) is 3.06. The van der Waals surface area contributed by atoms with Crippen molar-refractivity contribution in [2.75, 3.05) is 44.2 Å². The van der Waals surface area contributed by atoms with Crippen LogP contribution in [0.5, 0.6) is 0 Å². The smallest absolute Gasteiger partial charge is 0.287 e. The minimum Gasteiger partial charge on any atom is -0.444 e. The summed E-state index contributed by atoms with van der Waals surface area (Å²) < 4.78 is 19.6. The second-order valence-electron chi connectivity index (χ2n) is 5.99. The summed E-state index contributed by atoms with van der Waals surface area (Å²) in [5, 5.41) is 2.85. The quantitative estimate of drug-likeness (QED) is 0.744. The van der Waals surface area contributed by atoms with E-state index < -0.39 is 0 Å². The van der Waals surface area contributed by atoms with Gasteiger partial charge in [-0.2, -0.15) is 0 Å². The van der Waals surface area contributed by atoms with E-state index in [0.717, 1.165) is 39.1 Å². The zero-order chi connectivity index (χ0) is 17.6. The third-order valence-corrected chi connectivity index (χ3v) is 4.73. The van der Waals surface area contributed by atoms with Crippen LogP contribution in [-0.4, -0.2) is 50.1 Å². The lowest BCUT2D eigenvalue weighted by molar-refractivity contribution is 0.0922. The molecule has 2 heterocycles. The fraction of sp³-hybridized carbons (Fsp3) is 0.389. The van der Waals surface area contributed by atoms with Gasteiger partial charge in [-0.05, 0) is 53.2 Å². The van der Waals surface area contributed by atoms with E-state index in [9.17, 15) is 9.18 Å². The second kappa shape index (κ2) is 8.49. The Balaban J connectivity index is 1.36. The number of nitrogens with zero attached hydrogens (tertiary/aromatic N) is 2. The molecule has 2 aromatic rings. The number of anilines is 1. The summed E-state index contributed by atoms with van der Waals surface area (Å²) in [6, 6.07) is 10.2. The van der Waals surface area contributed by atoms with Crippen molar-refractivity contribution >= 4 is 27.5 Å². The molecule has 1 aromatic heterocycles. The molecule has 0 spiro atoms. The summed E-state index contributed by atoms with van der Waals surface area (Å²) in [5.41, 5.74) is 0.680. The van der Waals surface area contributed by atoms with Crippen molar-refractivity contribution in [2.24, 2.45) is 0 Å². The number of carbonyl (C=O) groups excluding carboxylic acids is 1. The summed E-state index contributed by atoms with van der Waals surface area (Å²) in [7, 11) is 0. The molecule has 0 saturated carbocycles. The topological polar surface area (TPSA) is 48.7 Å². The Morgan fingerprint density at radius 2 is 1.92 bits per heavy atom. The van der Waals surface area contributed by atoms with Gasteiger partial charge in [0.05, 0.1) is 5.69 Å². The molecule has 5 nitrogen and oxygen atoms in total. The largest absolute Gasteiger partial charge is 0.444 e. The third-order valence-electron chi connectivity index (χ3n) is 4.30. The Morgan fingerprint density at radius 3 is 2.60 bits per heavy atom. The van der Waals surface area contributed by atoms with Crippen LogP contribution in [0, 0.1) is 5.82 Å². The van der Waals surface area contributed by atoms with Gasteiger partial charge in [0.1, 0.15) is 5.82 Å². The molecule has 1 N–H and O–H groups in total. The van der Waals surface area contributed by atoms with Crippen molar-refractivity contribution in [2.45, 2.75) is 6.42 Å². The summed E-state index contributed by atoms with van der Waals surface area (Å²) in [6.07, 6.45) is 0.868. The van der Waals surface area contributed by atoms with E-state index >= 15 is 0 Å². The molecule has 1 fully saturated rings. The molecule has 0 unspecified atom stereocenters. The van der Waals surface area contributed by atoms with Crippen molar-refractivity contribution < 1.29 is 13.6 Å². The molecule has 1 aliphatic heterocycles. The van der Waals surface area contributed by atoms with Crippen LogP contribution in [0.15, 0.2) is 45.5 Å². The second-order valence-corrected chi connectivity index (χ2v) is 6.77. The van der Waals surface area contributed by atoms with Crippen LogP contribution < -0.4 is 10.2 Å². The van der Waals surface area contributed by atoms with Crippen LogP contribution >= 0.6 is 15.9 Å². The van der Waals surface area contributed by atoms with Gasteiger partial charge in [0.15, 0.2) is 10.4 Å². The van der Waals surface area contributed by atoms with E-state index in [2.05, 4.69) is 31.0 Å². The molecule has 0 atom stereocenters. The first-order chi connectivity index (χ1) is 12.1. The molecule has 1 amide bonds. The van der Waals surface area contributed by atoms with E-state index in [0.29, 0.717) is 22.7 Å². The van der Waals surface area contributed by atoms with Gasteiger partial charge >= 0.3 is 0 Å². The first kappa shape index (κ1) is 17.9. The molecular weight excluding hydrogens is 389 g/mol. The minimum atomic E-state index is -0.199. The molecule has 134 valence electrons. The maximum Gasteiger partial charge on any atom is 0.287 e. The molecule has 1 aromatic carbocycles. The zero-order valence-corrected chi connectivity index (χ0v) is 15.5. The predicted octanol–water partition coefficient (Wildman–Crippen LogP) is 3.12.